The second kappa shape index (κ2) is 6.77. The van der Waals surface area contributed by atoms with Gasteiger partial charge in [-0.05, 0) is 30.7 Å². The van der Waals surface area contributed by atoms with Crippen LogP contribution in [0.5, 0.6) is 0 Å². The smallest absolute Gasteiger partial charge is 0.0885 e. The lowest BCUT2D eigenvalue weighted by molar-refractivity contribution is 0.244. The predicted molar refractivity (Wildman–Crippen MR) is 74.2 cm³/mol. The Kier molecular flexibility index (Phi) is 4.73. The van der Waals surface area contributed by atoms with Crippen LogP contribution in [0.25, 0.3) is 10.9 Å². The number of para-hydroxylation sites is 1. The number of aromatic nitrogens is 1. The Labute approximate surface area is 107 Å². The quantitative estimate of drug-likeness (QED) is 0.599. The van der Waals surface area contributed by atoms with Crippen LogP contribution in [0.1, 0.15) is 12.0 Å². The van der Waals surface area contributed by atoms with Crippen molar-refractivity contribution < 1.29 is 4.74 Å². The summed E-state index contributed by atoms with van der Waals surface area (Å²) in [6.07, 6.45) is 4.32. The van der Waals surface area contributed by atoms with Gasteiger partial charge in [0.05, 0.1) is 18.4 Å². The van der Waals surface area contributed by atoms with Gasteiger partial charge in [0.1, 0.15) is 0 Å². The Morgan fingerprint density at radius 3 is 3.06 bits per heavy atom. The van der Waals surface area contributed by atoms with Crippen LogP contribution in [0, 0.1) is 0 Å². The maximum atomic E-state index is 5.07. The molecule has 3 heteroatoms. The Morgan fingerprint density at radius 2 is 2.17 bits per heavy atom. The topological polar surface area (TPSA) is 34.1 Å². The van der Waals surface area contributed by atoms with Gasteiger partial charge in [-0.2, -0.15) is 0 Å². The normalized spacial score (nSPS) is 10.4. The minimum absolute atomic E-state index is 0.716. The van der Waals surface area contributed by atoms with Crippen LogP contribution < -0.4 is 5.32 Å². The number of ether oxygens (including phenoxy) is 1. The van der Waals surface area contributed by atoms with Gasteiger partial charge in [0.15, 0.2) is 0 Å². The molecule has 2 rings (SSSR count). The molecule has 0 fully saturated rings. The largest absolute Gasteiger partial charge is 0.502 e. The first-order valence-corrected chi connectivity index (χ1v) is 6.17. The summed E-state index contributed by atoms with van der Waals surface area (Å²) in [5.41, 5.74) is 2.33. The fourth-order valence-corrected chi connectivity index (χ4v) is 1.90. The summed E-state index contributed by atoms with van der Waals surface area (Å²) < 4.78 is 5.07. The molecule has 0 aliphatic rings. The van der Waals surface area contributed by atoms with Crippen LogP contribution in [0.15, 0.2) is 49.4 Å². The molecule has 0 saturated heterocycles. The Bertz CT molecular complexity index is 505. The predicted octanol–water partition coefficient (Wildman–Crippen LogP) is 2.87. The molecule has 18 heavy (non-hydrogen) atoms. The summed E-state index contributed by atoms with van der Waals surface area (Å²) in [5.74, 6) is 0. The average molecular weight is 242 g/mol. The molecule has 0 radical (unpaired) electrons. The van der Waals surface area contributed by atoms with Crippen molar-refractivity contribution in [1.82, 2.24) is 10.3 Å². The van der Waals surface area contributed by atoms with E-state index in [4.69, 9.17) is 4.74 Å². The Balaban J connectivity index is 1.89. The van der Waals surface area contributed by atoms with Crippen molar-refractivity contribution in [2.75, 3.05) is 13.2 Å². The van der Waals surface area contributed by atoms with Crippen molar-refractivity contribution in [1.29, 1.82) is 0 Å². The van der Waals surface area contributed by atoms with Gasteiger partial charge in [-0.25, -0.2) is 0 Å². The van der Waals surface area contributed by atoms with Crippen LogP contribution in [-0.2, 0) is 11.3 Å². The first-order valence-electron chi connectivity index (χ1n) is 6.17. The molecule has 0 saturated carbocycles. The molecule has 1 N–H and O–H groups in total. The van der Waals surface area contributed by atoms with Crippen LogP contribution in [0.3, 0.4) is 0 Å². The molecule has 3 nitrogen and oxygen atoms in total. The van der Waals surface area contributed by atoms with Crippen LogP contribution in [-0.4, -0.2) is 18.1 Å². The molecule has 0 bridgehead atoms. The van der Waals surface area contributed by atoms with E-state index >= 15 is 0 Å². The van der Waals surface area contributed by atoms with Crippen molar-refractivity contribution in [2.24, 2.45) is 0 Å². The molecular formula is C15H18N2O. The van der Waals surface area contributed by atoms with Gasteiger partial charge in [-0.3, -0.25) is 4.98 Å². The maximum Gasteiger partial charge on any atom is 0.0885 e. The van der Waals surface area contributed by atoms with Crippen LogP contribution in [0.4, 0.5) is 0 Å². The molecule has 0 amide bonds. The van der Waals surface area contributed by atoms with E-state index in [-0.39, 0.29) is 0 Å². The fourth-order valence-electron chi connectivity index (χ4n) is 1.90. The van der Waals surface area contributed by atoms with Gasteiger partial charge in [0.2, 0.25) is 0 Å². The molecule has 1 aromatic carbocycles. The molecule has 0 aliphatic heterocycles. The zero-order chi connectivity index (χ0) is 12.6. The van der Waals surface area contributed by atoms with E-state index < -0.39 is 0 Å². The van der Waals surface area contributed by atoms with Gasteiger partial charge in [-0.1, -0.05) is 24.8 Å². The molecule has 94 valence electrons. The number of nitrogens with one attached hydrogen (secondary N) is 1. The molecule has 1 heterocycles. The van der Waals surface area contributed by atoms with Gasteiger partial charge in [0.25, 0.3) is 0 Å². The maximum absolute atomic E-state index is 5.07. The van der Waals surface area contributed by atoms with E-state index in [1.165, 1.54) is 17.2 Å². The second-order valence-corrected chi connectivity index (χ2v) is 4.06. The first-order chi connectivity index (χ1) is 8.92. The third-order valence-electron chi connectivity index (χ3n) is 2.79. The van der Waals surface area contributed by atoms with Crippen molar-refractivity contribution in [3.63, 3.8) is 0 Å². The molecule has 0 aliphatic carbocycles. The van der Waals surface area contributed by atoms with Crippen molar-refractivity contribution >= 4 is 10.9 Å². The molecule has 0 spiro atoms. The number of rotatable bonds is 7. The summed E-state index contributed by atoms with van der Waals surface area (Å²) in [6, 6.07) is 10.3. The second-order valence-electron chi connectivity index (χ2n) is 4.06. The summed E-state index contributed by atoms with van der Waals surface area (Å²) in [7, 11) is 0. The number of hydrogen-bond acceptors (Lipinski definition) is 3. The Morgan fingerprint density at radius 1 is 1.28 bits per heavy atom. The van der Waals surface area contributed by atoms with Gasteiger partial charge in [-0.15, -0.1) is 0 Å². The molecular weight excluding hydrogens is 224 g/mol. The van der Waals surface area contributed by atoms with E-state index in [0.717, 1.165) is 25.0 Å². The lowest BCUT2D eigenvalue weighted by Gasteiger charge is -2.07. The number of fused-ring (bicyclic) bond motifs is 1. The number of pyridine rings is 1. The molecule has 0 unspecified atom stereocenters. The van der Waals surface area contributed by atoms with E-state index in [9.17, 15) is 0 Å². The minimum Gasteiger partial charge on any atom is -0.502 e. The SMILES string of the molecule is C=COCCCNCc1ccnc2ccccc12. The minimum atomic E-state index is 0.716. The van der Waals surface area contributed by atoms with E-state index in [0.29, 0.717) is 6.61 Å². The van der Waals surface area contributed by atoms with Crippen molar-refractivity contribution in [2.45, 2.75) is 13.0 Å². The molecule has 2 aromatic rings. The van der Waals surface area contributed by atoms with Gasteiger partial charge < -0.3 is 10.1 Å². The highest BCUT2D eigenvalue weighted by atomic mass is 16.5. The van der Waals surface area contributed by atoms with Gasteiger partial charge in [0, 0.05) is 18.1 Å². The molecule has 0 atom stereocenters. The van der Waals surface area contributed by atoms with Crippen LogP contribution >= 0.6 is 0 Å². The van der Waals surface area contributed by atoms with E-state index in [1.54, 1.807) is 0 Å². The third kappa shape index (κ3) is 3.31. The highest BCUT2D eigenvalue weighted by Crippen LogP contribution is 2.15. The highest BCUT2D eigenvalue weighted by Gasteiger charge is 2.00. The number of benzene rings is 1. The monoisotopic (exact) mass is 242 g/mol. The van der Waals surface area contributed by atoms with Gasteiger partial charge >= 0.3 is 0 Å². The summed E-state index contributed by atoms with van der Waals surface area (Å²) >= 11 is 0. The summed E-state index contributed by atoms with van der Waals surface area (Å²) in [4.78, 5) is 4.35. The molecule has 1 aromatic heterocycles. The zero-order valence-corrected chi connectivity index (χ0v) is 10.4. The fraction of sp³-hybridized carbons (Fsp3) is 0.267. The first kappa shape index (κ1) is 12.6. The average Bonchev–Trinajstić information content (AvgIpc) is 2.43. The number of hydrogen-bond donors (Lipinski definition) is 1. The van der Waals surface area contributed by atoms with Crippen molar-refractivity contribution in [3.8, 4) is 0 Å². The van der Waals surface area contributed by atoms with Crippen LogP contribution in [0.2, 0.25) is 0 Å². The summed E-state index contributed by atoms with van der Waals surface area (Å²) in [6.45, 7) is 6.02. The third-order valence-corrected chi connectivity index (χ3v) is 2.79. The van der Waals surface area contributed by atoms with E-state index in [1.807, 2.05) is 24.4 Å². The standard InChI is InChI=1S/C15H18N2O/c1-2-18-11-5-9-16-12-13-8-10-17-15-7-4-3-6-14(13)15/h2-4,6-8,10,16H,1,5,9,11-12H2. The Hall–Kier alpha value is -1.87. The van der Waals surface area contributed by atoms with E-state index in [2.05, 4.69) is 29.0 Å². The lowest BCUT2D eigenvalue weighted by Crippen LogP contribution is -2.16. The highest BCUT2D eigenvalue weighted by molar-refractivity contribution is 5.81. The summed E-state index contributed by atoms with van der Waals surface area (Å²) in [5, 5.41) is 4.63. The zero-order valence-electron chi connectivity index (χ0n) is 10.4. The number of nitrogens with zero attached hydrogens (tertiary/aromatic N) is 1. The lowest BCUT2D eigenvalue weighted by atomic mass is 10.1. The van der Waals surface area contributed by atoms with Crippen molar-refractivity contribution in [3.05, 3.63) is 54.9 Å².